The Bertz CT molecular complexity index is 1010. The molecule has 0 unspecified atom stereocenters. The number of rotatable bonds is 5. The molecule has 0 bridgehead atoms. The van der Waals surface area contributed by atoms with Crippen molar-refractivity contribution in [2.75, 3.05) is 18.0 Å². The number of hydrogen-bond acceptors (Lipinski definition) is 5. The van der Waals surface area contributed by atoms with Crippen LogP contribution in [-0.2, 0) is 0 Å². The highest BCUT2D eigenvalue weighted by Gasteiger charge is 2.27. The summed E-state index contributed by atoms with van der Waals surface area (Å²) in [5.74, 6) is 0.896. The third-order valence-electron chi connectivity index (χ3n) is 5.35. The molecular formula is C23H21N3O3. The number of Topliss-reactive ketones (excluding diaryl/α,β-unsaturated/α-hetero) is 1. The second-order valence-electron chi connectivity index (χ2n) is 7.15. The fraction of sp³-hybridized carbons (Fsp3) is 0.217. The van der Waals surface area contributed by atoms with Gasteiger partial charge in [-0.15, -0.1) is 0 Å². The maximum atomic E-state index is 12.7. The molecule has 2 heterocycles. The summed E-state index contributed by atoms with van der Waals surface area (Å²) in [5, 5.41) is 11.4. The third-order valence-corrected chi connectivity index (χ3v) is 5.35. The van der Waals surface area contributed by atoms with Crippen molar-refractivity contribution in [3.8, 4) is 11.3 Å². The van der Waals surface area contributed by atoms with Crippen LogP contribution in [0.15, 0.2) is 72.8 Å². The summed E-state index contributed by atoms with van der Waals surface area (Å²) in [6.45, 7) is 1.39. The van der Waals surface area contributed by atoms with Crippen molar-refractivity contribution in [1.29, 1.82) is 0 Å². The Morgan fingerprint density at radius 2 is 1.55 bits per heavy atom. The molecule has 1 saturated heterocycles. The van der Waals surface area contributed by atoms with Gasteiger partial charge in [0.25, 0.3) is 5.69 Å². The lowest BCUT2D eigenvalue weighted by atomic mass is 9.89. The Hall–Kier alpha value is -3.54. The van der Waals surface area contributed by atoms with Crippen LogP contribution < -0.4 is 4.90 Å². The molecule has 1 fully saturated rings. The second-order valence-corrected chi connectivity index (χ2v) is 7.15. The largest absolute Gasteiger partial charge is 0.357 e. The number of hydrogen-bond donors (Lipinski definition) is 0. The number of ketones is 1. The van der Waals surface area contributed by atoms with E-state index >= 15 is 0 Å². The zero-order valence-electron chi connectivity index (χ0n) is 15.9. The van der Waals surface area contributed by atoms with E-state index in [1.807, 2.05) is 60.7 Å². The molecule has 1 aliphatic heterocycles. The van der Waals surface area contributed by atoms with Gasteiger partial charge in [0.2, 0.25) is 0 Å². The highest BCUT2D eigenvalue weighted by Crippen LogP contribution is 2.32. The Balaban J connectivity index is 1.53. The van der Waals surface area contributed by atoms with Crippen LogP contribution in [0.3, 0.4) is 0 Å². The van der Waals surface area contributed by atoms with Crippen molar-refractivity contribution in [3.05, 3.63) is 88.5 Å². The van der Waals surface area contributed by atoms with E-state index in [0.29, 0.717) is 24.6 Å². The minimum absolute atomic E-state index is 0.000270. The highest BCUT2D eigenvalue weighted by atomic mass is 16.6. The smallest absolute Gasteiger partial charge is 0.295 e. The van der Waals surface area contributed by atoms with Gasteiger partial charge in [-0.1, -0.05) is 60.7 Å². The van der Waals surface area contributed by atoms with E-state index in [1.54, 1.807) is 6.07 Å². The van der Waals surface area contributed by atoms with E-state index < -0.39 is 4.92 Å². The molecule has 0 saturated carbocycles. The van der Waals surface area contributed by atoms with E-state index in [4.69, 9.17) is 0 Å². The van der Waals surface area contributed by atoms with Crippen molar-refractivity contribution < 1.29 is 9.72 Å². The average Bonchev–Trinajstić information content (AvgIpc) is 2.79. The predicted molar refractivity (Wildman–Crippen MR) is 112 cm³/mol. The molecule has 1 aliphatic rings. The van der Waals surface area contributed by atoms with Gasteiger partial charge in [0.1, 0.15) is 5.82 Å². The molecule has 0 atom stereocenters. The first kappa shape index (κ1) is 18.8. The molecule has 146 valence electrons. The SMILES string of the molecule is O=C(c1ccccc1)C1CCN(c2ccc([N+](=O)[O-])c(-c3ccccc3)n2)CC1. The van der Waals surface area contributed by atoms with Crippen LogP contribution in [0.1, 0.15) is 23.2 Å². The standard InChI is InChI=1S/C23H21N3O3/c27-23(18-9-5-2-6-10-18)19-13-15-25(16-14-19)21-12-11-20(26(28)29)22(24-21)17-7-3-1-4-8-17/h1-12,19H,13-16H2. The van der Waals surface area contributed by atoms with E-state index in [-0.39, 0.29) is 17.4 Å². The second kappa shape index (κ2) is 8.22. The van der Waals surface area contributed by atoms with Gasteiger partial charge in [0, 0.05) is 36.2 Å². The van der Waals surface area contributed by atoms with Crippen LogP contribution in [0.5, 0.6) is 0 Å². The summed E-state index contributed by atoms with van der Waals surface area (Å²) >= 11 is 0. The summed E-state index contributed by atoms with van der Waals surface area (Å²) in [6.07, 6.45) is 1.49. The van der Waals surface area contributed by atoms with Crippen LogP contribution >= 0.6 is 0 Å². The molecule has 1 aromatic heterocycles. The van der Waals surface area contributed by atoms with Gasteiger partial charge in [-0.25, -0.2) is 4.98 Å². The molecule has 0 spiro atoms. The van der Waals surface area contributed by atoms with Crippen molar-refractivity contribution >= 4 is 17.3 Å². The van der Waals surface area contributed by atoms with Crippen LogP contribution in [0.2, 0.25) is 0 Å². The number of piperidine rings is 1. The van der Waals surface area contributed by atoms with Gasteiger partial charge >= 0.3 is 0 Å². The van der Waals surface area contributed by atoms with Gasteiger partial charge in [-0.05, 0) is 18.9 Å². The molecule has 6 heteroatoms. The Morgan fingerprint density at radius 1 is 0.931 bits per heavy atom. The van der Waals surface area contributed by atoms with E-state index in [9.17, 15) is 14.9 Å². The van der Waals surface area contributed by atoms with Crippen LogP contribution in [0, 0.1) is 16.0 Å². The quantitative estimate of drug-likeness (QED) is 0.358. The summed E-state index contributed by atoms with van der Waals surface area (Å²) in [7, 11) is 0. The lowest BCUT2D eigenvalue weighted by Gasteiger charge is -2.32. The van der Waals surface area contributed by atoms with E-state index in [0.717, 1.165) is 24.0 Å². The Kier molecular flexibility index (Phi) is 5.33. The molecule has 3 aromatic rings. The maximum absolute atomic E-state index is 12.7. The van der Waals surface area contributed by atoms with Crippen LogP contribution in [0.4, 0.5) is 11.5 Å². The zero-order valence-corrected chi connectivity index (χ0v) is 15.9. The van der Waals surface area contributed by atoms with Gasteiger partial charge in [0.15, 0.2) is 11.5 Å². The number of nitro groups is 1. The fourth-order valence-corrected chi connectivity index (χ4v) is 3.78. The topological polar surface area (TPSA) is 76.3 Å². The zero-order chi connectivity index (χ0) is 20.2. The molecule has 0 aliphatic carbocycles. The normalized spacial score (nSPS) is 14.6. The lowest BCUT2D eigenvalue weighted by molar-refractivity contribution is -0.384. The van der Waals surface area contributed by atoms with Crippen molar-refractivity contribution in [1.82, 2.24) is 4.98 Å². The number of anilines is 1. The number of pyridine rings is 1. The third kappa shape index (κ3) is 4.01. The molecule has 2 aromatic carbocycles. The van der Waals surface area contributed by atoms with Gasteiger partial charge in [-0.3, -0.25) is 14.9 Å². The van der Waals surface area contributed by atoms with Crippen molar-refractivity contribution in [2.45, 2.75) is 12.8 Å². The van der Waals surface area contributed by atoms with Gasteiger partial charge in [0.05, 0.1) is 4.92 Å². The van der Waals surface area contributed by atoms with Gasteiger partial charge in [-0.2, -0.15) is 0 Å². The average molecular weight is 387 g/mol. The van der Waals surface area contributed by atoms with Crippen LogP contribution in [0.25, 0.3) is 11.3 Å². The summed E-state index contributed by atoms with van der Waals surface area (Å²) < 4.78 is 0. The van der Waals surface area contributed by atoms with Crippen LogP contribution in [-0.4, -0.2) is 28.8 Å². The number of benzene rings is 2. The number of carbonyl (C=O) groups is 1. The first-order valence-corrected chi connectivity index (χ1v) is 9.68. The van der Waals surface area contributed by atoms with Gasteiger partial charge < -0.3 is 4.90 Å². The molecule has 29 heavy (non-hydrogen) atoms. The highest BCUT2D eigenvalue weighted by molar-refractivity contribution is 5.97. The first-order chi connectivity index (χ1) is 14.1. The minimum Gasteiger partial charge on any atom is -0.357 e. The molecule has 4 rings (SSSR count). The minimum atomic E-state index is -0.399. The molecule has 6 nitrogen and oxygen atoms in total. The van der Waals surface area contributed by atoms with E-state index in [1.165, 1.54) is 6.07 Å². The van der Waals surface area contributed by atoms with Crippen molar-refractivity contribution in [3.63, 3.8) is 0 Å². The molecule has 0 N–H and O–H groups in total. The summed E-state index contributed by atoms with van der Waals surface area (Å²) in [5.41, 5.74) is 1.84. The Labute approximate surface area is 169 Å². The number of aromatic nitrogens is 1. The summed E-state index contributed by atoms with van der Waals surface area (Å²) in [4.78, 5) is 30.5. The number of carbonyl (C=O) groups excluding carboxylic acids is 1. The van der Waals surface area contributed by atoms with E-state index in [2.05, 4.69) is 9.88 Å². The lowest BCUT2D eigenvalue weighted by Crippen LogP contribution is -2.36. The molecule has 0 amide bonds. The first-order valence-electron chi connectivity index (χ1n) is 9.68. The summed E-state index contributed by atoms with van der Waals surface area (Å²) in [6, 6.07) is 21.8. The predicted octanol–water partition coefficient (Wildman–Crippen LogP) is 4.76. The maximum Gasteiger partial charge on any atom is 0.295 e. The monoisotopic (exact) mass is 387 g/mol. The Morgan fingerprint density at radius 3 is 2.17 bits per heavy atom. The molecular weight excluding hydrogens is 366 g/mol. The number of nitrogens with zero attached hydrogens (tertiary/aromatic N) is 3. The fourth-order valence-electron chi connectivity index (χ4n) is 3.78. The van der Waals surface area contributed by atoms with Crippen molar-refractivity contribution in [2.24, 2.45) is 5.92 Å². The molecule has 0 radical (unpaired) electrons.